The molecule has 0 amide bonds. The summed E-state index contributed by atoms with van der Waals surface area (Å²) in [5.74, 6) is 0.982. The molecule has 270 valence electrons. The van der Waals surface area contributed by atoms with Gasteiger partial charge in [0.25, 0.3) is 0 Å². The van der Waals surface area contributed by atoms with Crippen molar-refractivity contribution in [3.8, 4) is 44.5 Å². The standard InChI is InChI=1S/C57H36O/c1-3-17-43(18-4-1)57(44-19-5-2-6-20-44)51-36-42(33-34-49(51)55-50-25-13-14-26-52(50)58-56(55)57)54-47-23-11-9-21-45(47)53(46-22-10-12-24-48(46)54)39-30-27-38(28-31-39)41-32-29-37-15-7-8-16-40(37)35-41/h1-36H. The van der Waals surface area contributed by atoms with Gasteiger partial charge in [0.05, 0.1) is 0 Å². The van der Waals surface area contributed by atoms with Crippen molar-refractivity contribution < 1.29 is 4.42 Å². The van der Waals surface area contributed by atoms with Gasteiger partial charge in [0, 0.05) is 10.9 Å². The Kier molecular flexibility index (Phi) is 7.21. The van der Waals surface area contributed by atoms with Crippen LogP contribution < -0.4 is 0 Å². The second kappa shape index (κ2) is 12.8. The SMILES string of the molecule is c1ccc(C2(c3ccccc3)c3cc(-c4c5ccccc5c(-c5ccc(-c6ccc7ccccc7c6)cc5)c5ccccc45)ccc3-c3c2oc2ccccc32)cc1. The van der Waals surface area contributed by atoms with E-state index >= 15 is 0 Å². The zero-order valence-electron chi connectivity index (χ0n) is 31.7. The molecule has 1 heterocycles. The fourth-order valence-corrected chi connectivity index (χ4v) is 9.99. The molecule has 11 aromatic rings. The van der Waals surface area contributed by atoms with Gasteiger partial charge in [-0.1, -0.05) is 200 Å². The fraction of sp³-hybridized carbons (Fsp3) is 0.0175. The molecule has 0 bridgehead atoms. The van der Waals surface area contributed by atoms with E-state index < -0.39 is 5.41 Å². The molecular weight excluding hydrogens is 701 g/mol. The summed E-state index contributed by atoms with van der Waals surface area (Å²) in [4.78, 5) is 0. The van der Waals surface area contributed by atoms with Gasteiger partial charge in [-0.3, -0.25) is 0 Å². The fourth-order valence-electron chi connectivity index (χ4n) is 9.99. The molecule has 0 saturated carbocycles. The Labute approximate surface area is 337 Å². The highest BCUT2D eigenvalue weighted by molar-refractivity contribution is 6.21. The van der Waals surface area contributed by atoms with E-state index in [1.807, 2.05) is 0 Å². The largest absolute Gasteiger partial charge is 0.459 e. The van der Waals surface area contributed by atoms with Gasteiger partial charge < -0.3 is 4.42 Å². The number of rotatable bonds is 5. The summed E-state index contributed by atoms with van der Waals surface area (Å²) in [7, 11) is 0. The first kappa shape index (κ1) is 32.7. The van der Waals surface area contributed by atoms with Crippen molar-refractivity contribution in [2.45, 2.75) is 5.41 Å². The van der Waals surface area contributed by atoms with Crippen LogP contribution in [0, 0.1) is 0 Å². The van der Waals surface area contributed by atoms with Crippen molar-refractivity contribution in [2.24, 2.45) is 0 Å². The Morgan fingerprint density at radius 2 is 0.793 bits per heavy atom. The van der Waals surface area contributed by atoms with E-state index in [0.717, 1.165) is 16.7 Å². The number of benzene rings is 10. The molecule has 0 radical (unpaired) electrons. The van der Waals surface area contributed by atoms with Crippen LogP contribution in [0.3, 0.4) is 0 Å². The van der Waals surface area contributed by atoms with E-state index in [4.69, 9.17) is 4.42 Å². The third kappa shape index (κ3) is 4.71. The average Bonchev–Trinajstić information content (AvgIpc) is 3.82. The number of hydrogen-bond donors (Lipinski definition) is 0. The summed E-state index contributed by atoms with van der Waals surface area (Å²) in [5.41, 5.74) is 13.6. The number of para-hydroxylation sites is 1. The molecule has 0 N–H and O–H groups in total. The molecule has 0 atom stereocenters. The summed E-state index contributed by atoms with van der Waals surface area (Å²) in [6.07, 6.45) is 0. The highest BCUT2D eigenvalue weighted by Crippen LogP contribution is 2.60. The van der Waals surface area contributed by atoms with Crippen LogP contribution in [0.4, 0.5) is 0 Å². The zero-order chi connectivity index (χ0) is 38.2. The van der Waals surface area contributed by atoms with Gasteiger partial charge in [0.1, 0.15) is 16.8 Å². The first-order valence-corrected chi connectivity index (χ1v) is 20.1. The molecule has 1 nitrogen and oxygen atoms in total. The van der Waals surface area contributed by atoms with Gasteiger partial charge in [0.2, 0.25) is 0 Å². The lowest BCUT2D eigenvalue weighted by Gasteiger charge is -2.32. The monoisotopic (exact) mass is 736 g/mol. The zero-order valence-corrected chi connectivity index (χ0v) is 31.7. The first-order chi connectivity index (χ1) is 28.8. The highest BCUT2D eigenvalue weighted by atomic mass is 16.3. The third-order valence-electron chi connectivity index (χ3n) is 12.5. The minimum atomic E-state index is -0.652. The lowest BCUT2D eigenvalue weighted by molar-refractivity contribution is 0.502. The Morgan fingerprint density at radius 3 is 1.43 bits per heavy atom. The maximum Gasteiger partial charge on any atom is 0.135 e. The maximum atomic E-state index is 7.02. The van der Waals surface area contributed by atoms with E-state index in [9.17, 15) is 0 Å². The van der Waals surface area contributed by atoms with Crippen LogP contribution in [-0.2, 0) is 5.41 Å². The Balaban J connectivity index is 1.10. The van der Waals surface area contributed by atoms with Crippen LogP contribution in [0.25, 0.3) is 87.8 Å². The van der Waals surface area contributed by atoms with Crippen molar-refractivity contribution in [2.75, 3.05) is 0 Å². The van der Waals surface area contributed by atoms with E-state index in [0.29, 0.717) is 0 Å². The lowest BCUT2D eigenvalue weighted by atomic mass is 9.69. The summed E-state index contributed by atoms with van der Waals surface area (Å²) >= 11 is 0. The summed E-state index contributed by atoms with van der Waals surface area (Å²) in [6, 6.07) is 79.8. The molecule has 0 spiro atoms. The lowest BCUT2D eigenvalue weighted by Crippen LogP contribution is -2.28. The van der Waals surface area contributed by atoms with Gasteiger partial charge in [0.15, 0.2) is 0 Å². The topological polar surface area (TPSA) is 13.1 Å². The molecule has 1 heteroatoms. The summed E-state index contributed by atoms with van der Waals surface area (Å²) in [5, 5.41) is 8.61. The van der Waals surface area contributed by atoms with Crippen LogP contribution in [0.5, 0.6) is 0 Å². The van der Waals surface area contributed by atoms with Gasteiger partial charge in [-0.15, -0.1) is 0 Å². The molecule has 1 aliphatic rings. The Morgan fingerprint density at radius 1 is 0.310 bits per heavy atom. The first-order valence-electron chi connectivity index (χ1n) is 20.1. The van der Waals surface area contributed by atoms with E-state index in [-0.39, 0.29) is 0 Å². The molecule has 1 aromatic heterocycles. The van der Waals surface area contributed by atoms with Crippen molar-refractivity contribution >= 4 is 43.3 Å². The van der Waals surface area contributed by atoms with E-state index in [1.165, 1.54) is 93.5 Å². The van der Waals surface area contributed by atoms with Gasteiger partial charge >= 0.3 is 0 Å². The van der Waals surface area contributed by atoms with Crippen molar-refractivity contribution in [1.29, 1.82) is 0 Å². The second-order valence-corrected chi connectivity index (χ2v) is 15.5. The van der Waals surface area contributed by atoms with Crippen LogP contribution in [0.2, 0.25) is 0 Å². The molecule has 0 aliphatic heterocycles. The summed E-state index contributed by atoms with van der Waals surface area (Å²) < 4.78 is 7.02. The van der Waals surface area contributed by atoms with Crippen LogP contribution in [0.15, 0.2) is 223 Å². The number of fused-ring (bicyclic) bond motifs is 8. The maximum absolute atomic E-state index is 7.02. The smallest absolute Gasteiger partial charge is 0.135 e. The van der Waals surface area contributed by atoms with Gasteiger partial charge in [-0.25, -0.2) is 0 Å². The number of hydrogen-bond acceptors (Lipinski definition) is 1. The van der Waals surface area contributed by atoms with E-state index in [2.05, 4.69) is 218 Å². The van der Waals surface area contributed by atoms with Crippen LogP contribution in [0.1, 0.15) is 22.5 Å². The van der Waals surface area contributed by atoms with Crippen molar-refractivity contribution in [1.82, 2.24) is 0 Å². The predicted octanol–water partition coefficient (Wildman–Crippen LogP) is 15.3. The Hall–Kier alpha value is -7.48. The number of furan rings is 1. The second-order valence-electron chi connectivity index (χ2n) is 15.5. The summed E-state index contributed by atoms with van der Waals surface area (Å²) in [6.45, 7) is 0. The molecule has 0 fully saturated rings. The molecule has 0 saturated heterocycles. The van der Waals surface area contributed by atoms with Crippen LogP contribution >= 0.6 is 0 Å². The van der Waals surface area contributed by atoms with Gasteiger partial charge in [-0.05, 0) is 106 Å². The molecular formula is C57H36O. The van der Waals surface area contributed by atoms with E-state index in [1.54, 1.807) is 0 Å². The molecule has 10 aromatic carbocycles. The quantitative estimate of drug-likeness (QED) is 0.160. The average molecular weight is 737 g/mol. The van der Waals surface area contributed by atoms with Crippen molar-refractivity contribution in [3.05, 3.63) is 241 Å². The molecule has 1 aliphatic carbocycles. The van der Waals surface area contributed by atoms with Gasteiger partial charge in [-0.2, -0.15) is 0 Å². The van der Waals surface area contributed by atoms with Crippen LogP contribution in [-0.4, -0.2) is 0 Å². The highest BCUT2D eigenvalue weighted by Gasteiger charge is 2.50. The normalized spacial score (nSPS) is 13.0. The molecule has 0 unspecified atom stereocenters. The molecule has 58 heavy (non-hydrogen) atoms. The Bertz CT molecular complexity index is 3270. The minimum absolute atomic E-state index is 0.652. The molecule has 12 rings (SSSR count). The minimum Gasteiger partial charge on any atom is -0.459 e. The predicted molar refractivity (Wildman–Crippen MR) is 242 cm³/mol. The van der Waals surface area contributed by atoms with Crippen molar-refractivity contribution in [3.63, 3.8) is 0 Å². The third-order valence-corrected chi connectivity index (χ3v) is 12.5.